The largest absolute Gasteiger partial charge is 0.506 e. The number of pyridine rings is 2. The Bertz CT molecular complexity index is 1880. The second kappa shape index (κ2) is 14.9. The van der Waals surface area contributed by atoms with Gasteiger partial charge in [-0.05, 0) is 54.1 Å². The van der Waals surface area contributed by atoms with Crippen LogP contribution in [0.25, 0.3) is 11.1 Å². The van der Waals surface area contributed by atoms with Crippen LogP contribution >= 0.6 is 24.0 Å². The van der Waals surface area contributed by atoms with Crippen molar-refractivity contribution >= 4 is 57.4 Å². The van der Waals surface area contributed by atoms with E-state index in [1.165, 1.54) is 41.0 Å². The number of hydrogen-bond donors (Lipinski definition) is 3. The summed E-state index contributed by atoms with van der Waals surface area (Å²) in [5.74, 6) is -1.21. The number of hydrogen-bond acceptors (Lipinski definition) is 8. The maximum absolute atomic E-state index is 13.3. The van der Waals surface area contributed by atoms with Gasteiger partial charge in [-0.3, -0.25) is 19.3 Å². The molecule has 12 nitrogen and oxygen atoms in total. The van der Waals surface area contributed by atoms with Crippen LogP contribution in [0, 0.1) is 0 Å². The lowest BCUT2D eigenvalue weighted by Gasteiger charge is -2.33. The molecule has 15 heteroatoms. The van der Waals surface area contributed by atoms with Gasteiger partial charge in [-0.25, -0.2) is 13.4 Å². The van der Waals surface area contributed by atoms with Gasteiger partial charge in [0.1, 0.15) is 11.6 Å². The highest BCUT2D eigenvalue weighted by atomic mass is 35.5. The molecule has 5 rings (SSSR count). The smallest absolute Gasteiger partial charge is 0.259 e. The average Bonchev–Trinajstić information content (AvgIpc) is 3.02. The number of piperazine rings is 1. The second-order valence-corrected chi connectivity index (χ2v) is 12.9. The lowest BCUT2D eigenvalue weighted by atomic mass is 10.0. The first kappa shape index (κ1) is 34.6. The molecule has 1 aliphatic rings. The van der Waals surface area contributed by atoms with Gasteiger partial charge in [0.2, 0.25) is 10.0 Å². The van der Waals surface area contributed by atoms with Gasteiger partial charge < -0.3 is 20.3 Å². The third kappa shape index (κ3) is 8.30. The number of aromatic nitrogens is 2. The first-order valence-electron chi connectivity index (χ1n) is 14.0. The van der Waals surface area contributed by atoms with E-state index in [1.807, 2.05) is 0 Å². The Balaban J connectivity index is 0.00000480. The number of phenolic OH excluding ortho intramolecular Hbond substituents is 1. The molecule has 0 radical (unpaired) electrons. The van der Waals surface area contributed by atoms with Crippen LogP contribution in [0.5, 0.6) is 5.75 Å². The van der Waals surface area contributed by atoms with Crippen molar-refractivity contribution in [3.05, 3.63) is 106 Å². The number of nitrogens with zero attached hydrogens (tertiary/aromatic N) is 4. The van der Waals surface area contributed by atoms with E-state index in [0.29, 0.717) is 55.4 Å². The minimum atomic E-state index is -3.21. The van der Waals surface area contributed by atoms with Gasteiger partial charge in [0.15, 0.2) is 0 Å². The Morgan fingerprint density at radius 1 is 0.913 bits per heavy atom. The Hall–Kier alpha value is -4.27. The van der Waals surface area contributed by atoms with Gasteiger partial charge >= 0.3 is 0 Å². The molecule has 0 saturated carbocycles. The molecular weight excluding hydrogens is 655 g/mol. The number of halogens is 2. The lowest BCUT2D eigenvalue weighted by molar-refractivity contribution is 0.102. The molecule has 1 aliphatic heterocycles. The maximum atomic E-state index is 13.3. The number of amides is 2. The van der Waals surface area contributed by atoms with Gasteiger partial charge in [-0.2, -0.15) is 4.31 Å². The summed E-state index contributed by atoms with van der Waals surface area (Å²) in [6.07, 6.45) is 4.30. The number of sulfonamides is 1. The van der Waals surface area contributed by atoms with E-state index >= 15 is 0 Å². The normalized spacial score (nSPS) is 13.9. The van der Waals surface area contributed by atoms with Crippen molar-refractivity contribution in [1.82, 2.24) is 18.8 Å². The maximum Gasteiger partial charge on any atom is 0.259 e. The minimum Gasteiger partial charge on any atom is -0.506 e. The molecule has 1 fully saturated rings. The predicted molar refractivity (Wildman–Crippen MR) is 180 cm³/mol. The van der Waals surface area contributed by atoms with Crippen LogP contribution in [0.15, 0.2) is 83.9 Å². The lowest BCUT2D eigenvalue weighted by Crippen LogP contribution is -2.49. The quantitative estimate of drug-likeness (QED) is 0.225. The van der Waals surface area contributed by atoms with E-state index in [-0.39, 0.29) is 46.3 Å². The van der Waals surface area contributed by atoms with Gasteiger partial charge in [-0.1, -0.05) is 29.8 Å². The van der Waals surface area contributed by atoms with Gasteiger partial charge in [0, 0.05) is 62.8 Å². The van der Waals surface area contributed by atoms with Crippen LogP contribution in [0.2, 0.25) is 5.02 Å². The molecule has 2 amide bonds. The molecule has 0 unspecified atom stereocenters. The average molecular weight is 688 g/mol. The monoisotopic (exact) mass is 686 g/mol. The Labute approximate surface area is 277 Å². The fourth-order valence-electron chi connectivity index (χ4n) is 4.95. The van der Waals surface area contributed by atoms with Crippen molar-refractivity contribution in [1.29, 1.82) is 0 Å². The highest BCUT2D eigenvalue weighted by Crippen LogP contribution is 2.29. The molecule has 3 heterocycles. The van der Waals surface area contributed by atoms with Crippen molar-refractivity contribution < 1.29 is 23.1 Å². The zero-order valence-electron chi connectivity index (χ0n) is 24.7. The highest BCUT2D eigenvalue weighted by Gasteiger charge is 2.23. The van der Waals surface area contributed by atoms with E-state index in [1.54, 1.807) is 53.2 Å². The molecule has 242 valence electrons. The number of benzene rings is 2. The van der Waals surface area contributed by atoms with Crippen LogP contribution in [0.4, 0.5) is 11.5 Å². The number of rotatable bonds is 9. The number of carbonyl (C=O) groups excluding carboxylic acids is 2. The van der Waals surface area contributed by atoms with Gasteiger partial charge in [0.25, 0.3) is 17.4 Å². The van der Waals surface area contributed by atoms with Crippen LogP contribution < -0.4 is 16.2 Å². The van der Waals surface area contributed by atoms with E-state index in [2.05, 4.69) is 20.5 Å². The number of nitrogens with one attached hydrogen (secondary N) is 2. The van der Waals surface area contributed by atoms with Crippen molar-refractivity contribution in [3.8, 4) is 16.9 Å². The van der Waals surface area contributed by atoms with Crippen molar-refractivity contribution in [2.24, 2.45) is 0 Å². The third-order valence-electron chi connectivity index (χ3n) is 7.43. The Morgan fingerprint density at radius 2 is 1.63 bits per heavy atom. The first-order valence-corrected chi connectivity index (χ1v) is 16.3. The zero-order chi connectivity index (χ0) is 32.1. The number of carbonyl (C=O) groups is 2. The summed E-state index contributed by atoms with van der Waals surface area (Å²) in [6.45, 7) is 3.08. The van der Waals surface area contributed by atoms with Crippen LogP contribution in [-0.4, -0.2) is 83.1 Å². The number of anilines is 2. The molecule has 1 saturated heterocycles. The standard InChI is InChI=1S/C31H31ClN6O6S.ClH/c1-45(43,44)38-18-15-36(16-19-38)14-17-37-13-3-5-24(31(37)42)21-7-9-22(10-8-21)29(40)35-28-25(4-2-6-26(28)39)30(41)34-27-12-11-23(32)20-33-27;/h2-13,20,39H,14-19H2,1H3,(H,35,40)(H,33,34,41);1H. The Kier molecular flexibility index (Phi) is 11.2. The molecule has 0 bridgehead atoms. The van der Waals surface area contributed by atoms with Gasteiger partial charge in [0.05, 0.1) is 22.5 Å². The highest BCUT2D eigenvalue weighted by molar-refractivity contribution is 7.88. The van der Waals surface area contributed by atoms with E-state index < -0.39 is 21.8 Å². The second-order valence-electron chi connectivity index (χ2n) is 10.5. The van der Waals surface area contributed by atoms with Crippen molar-refractivity contribution in [3.63, 3.8) is 0 Å². The molecule has 0 atom stereocenters. The van der Waals surface area contributed by atoms with E-state index in [4.69, 9.17) is 11.6 Å². The fraction of sp³-hybridized carbons (Fsp3) is 0.226. The number of phenols is 1. The van der Waals surface area contributed by atoms with Crippen LogP contribution in [0.3, 0.4) is 0 Å². The van der Waals surface area contributed by atoms with E-state index in [0.717, 1.165) is 0 Å². The minimum absolute atomic E-state index is 0. The summed E-state index contributed by atoms with van der Waals surface area (Å²) in [6, 6.07) is 17.3. The van der Waals surface area contributed by atoms with Crippen molar-refractivity contribution in [2.75, 3.05) is 49.6 Å². The molecule has 2 aromatic carbocycles. The molecule has 3 N–H and O–H groups in total. The van der Waals surface area contributed by atoms with Crippen molar-refractivity contribution in [2.45, 2.75) is 6.54 Å². The predicted octanol–water partition coefficient (Wildman–Crippen LogP) is 3.77. The molecule has 46 heavy (non-hydrogen) atoms. The SMILES string of the molecule is CS(=O)(=O)N1CCN(CCn2cccc(-c3ccc(C(=O)Nc4c(O)cccc4C(=O)Nc4ccc(Cl)cn4)cc3)c2=O)CC1.Cl. The summed E-state index contributed by atoms with van der Waals surface area (Å²) in [5, 5.41) is 16.1. The van der Waals surface area contributed by atoms with Crippen LogP contribution in [0.1, 0.15) is 20.7 Å². The third-order valence-corrected chi connectivity index (χ3v) is 8.96. The molecule has 4 aromatic rings. The summed E-state index contributed by atoms with van der Waals surface area (Å²) in [4.78, 5) is 45.5. The first-order chi connectivity index (χ1) is 21.5. The van der Waals surface area contributed by atoms with E-state index in [9.17, 15) is 27.9 Å². The topological polar surface area (TPSA) is 154 Å². The summed E-state index contributed by atoms with van der Waals surface area (Å²) < 4.78 is 26.6. The fourth-order valence-corrected chi connectivity index (χ4v) is 5.89. The number of para-hydroxylation sites is 1. The molecule has 2 aromatic heterocycles. The van der Waals surface area contributed by atoms with Gasteiger partial charge in [-0.15, -0.1) is 12.4 Å². The summed E-state index contributed by atoms with van der Waals surface area (Å²) in [7, 11) is -3.21. The number of aromatic hydroxyl groups is 1. The zero-order valence-corrected chi connectivity index (χ0v) is 27.1. The molecule has 0 aliphatic carbocycles. The molecular formula is C31H32Cl2N6O6S. The molecule has 0 spiro atoms. The summed E-state index contributed by atoms with van der Waals surface area (Å²) >= 11 is 5.85. The van der Waals surface area contributed by atoms with Crippen LogP contribution in [-0.2, 0) is 16.6 Å². The summed E-state index contributed by atoms with van der Waals surface area (Å²) in [5.41, 5.74) is 1.09. The Morgan fingerprint density at radius 3 is 2.28 bits per heavy atom.